The third-order valence-electron chi connectivity index (χ3n) is 14.6. The predicted molar refractivity (Wildman–Crippen MR) is 290 cm³/mol. The number of benzene rings is 3. The van der Waals surface area contributed by atoms with Crippen molar-refractivity contribution in [2.24, 2.45) is 16.0 Å². The third kappa shape index (κ3) is 15.0. The number of aliphatic hydroxyl groups excluding tert-OH is 1. The smallest absolute Gasteiger partial charge is 0.391 e. The maximum Gasteiger partial charge on any atom is 0.501 e. The number of rotatable bonds is 21. The highest BCUT2D eigenvalue weighted by atomic mass is 32.2. The fourth-order valence-corrected chi connectivity index (χ4v) is 13.6. The standard InChI is InChI=1S/C53H69F3N8O9S4/c1-34(36-15-17-37(18-16-36)47-35(2)58-33-75-47)59-49(68)43-27-39(65)29-64(43)50(69)48(51(3,4)5)61-45(66)13-9-10-14-46(67)63-25-22-52(23-26-63)31-62(32-52)24-21-38(30-74-40-11-7-6-8-12-40)60-42-20-19-41(77(57,72)73)28-44(42)76(70,71)53(54,55)56/h6-8,11-12,15-20,28,33-34,38-39,43,48,60,65H,9-10,13-14,21-27,29-32H2,1-5H3,(H,59,68)(H,61,66)(H2,57,72,73)/t34-,38?,39+,43-,48?/m0/s1. The Hall–Kier alpha value is -5.11. The first-order valence-electron chi connectivity index (χ1n) is 25.7. The number of aliphatic hydroxyl groups is 1. The summed E-state index contributed by atoms with van der Waals surface area (Å²) in [4.78, 5) is 64.4. The van der Waals surface area contributed by atoms with Crippen LogP contribution in [0.25, 0.3) is 10.4 Å². The highest BCUT2D eigenvalue weighted by molar-refractivity contribution is 7.99. The number of piperidine rings is 1. The van der Waals surface area contributed by atoms with E-state index in [1.807, 2.05) is 94.1 Å². The van der Waals surface area contributed by atoms with Crippen LogP contribution >= 0.6 is 23.1 Å². The number of hydrogen-bond acceptors (Lipinski definition) is 14. The maximum atomic E-state index is 14.2. The minimum atomic E-state index is -5.97. The lowest BCUT2D eigenvalue weighted by Gasteiger charge is -2.54. The van der Waals surface area contributed by atoms with Gasteiger partial charge in [0.15, 0.2) is 0 Å². The van der Waals surface area contributed by atoms with Gasteiger partial charge in [-0.1, -0.05) is 63.2 Å². The van der Waals surface area contributed by atoms with E-state index in [2.05, 4.69) is 25.8 Å². The van der Waals surface area contributed by atoms with E-state index in [0.29, 0.717) is 50.7 Å². The Morgan fingerprint density at radius 3 is 2.21 bits per heavy atom. The molecular formula is C53H69F3N8O9S4. The molecule has 0 saturated carbocycles. The summed E-state index contributed by atoms with van der Waals surface area (Å²) >= 11 is 2.99. The number of nitrogens with two attached hydrogens (primary N) is 1. The molecule has 420 valence electrons. The molecule has 4 amide bonds. The first-order valence-corrected chi connectivity index (χ1v) is 30.5. The van der Waals surface area contributed by atoms with Crippen molar-refractivity contribution < 1.29 is 54.3 Å². The Kier molecular flexibility index (Phi) is 18.9. The number of sulfonamides is 1. The second-order valence-corrected chi connectivity index (χ2v) is 27.0. The van der Waals surface area contributed by atoms with E-state index < -0.39 is 76.6 Å². The topological polar surface area (TPSA) is 242 Å². The van der Waals surface area contributed by atoms with Gasteiger partial charge in [0.25, 0.3) is 9.84 Å². The molecule has 0 bridgehead atoms. The Balaban J connectivity index is 0.855. The molecule has 7 rings (SSSR count). The molecule has 0 radical (unpaired) electrons. The molecule has 3 aliphatic rings. The molecule has 0 aliphatic carbocycles. The lowest BCUT2D eigenvalue weighted by molar-refractivity contribution is -0.144. The van der Waals surface area contributed by atoms with E-state index in [1.54, 1.807) is 16.8 Å². The second-order valence-electron chi connectivity index (χ2n) is 21.6. The van der Waals surface area contributed by atoms with E-state index in [4.69, 9.17) is 5.14 Å². The van der Waals surface area contributed by atoms with Crippen molar-refractivity contribution in [3.63, 3.8) is 0 Å². The Labute approximate surface area is 457 Å². The molecule has 3 saturated heterocycles. The average Bonchev–Trinajstić information content (AvgIpc) is 4.00. The van der Waals surface area contributed by atoms with Crippen LogP contribution in [-0.2, 0) is 39.0 Å². The zero-order chi connectivity index (χ0) is 56.1. The maximum absolute atomic E-state index is 14.2. The number of sulfone groups is 1. The van der Waals surface area contributed by atoms with Crippen LogP contribution < -0.4 is 21.1 Å². The predicted octanol–water partition coefficient (Wildman–Crippen LogP) is 6.88. The van der Waals surface area contributed by atoms with E-state index in [-0.39, 0.29) is 54.8 Å². The molecule has 1 spiro atoms. The van der Waals surface area contributed by atoms with Gasteiger partial charge in [-0.05, 0) is 98.2 Å². The number of likely N-dealkylation sites (tertiary alicyclic amines) is 3. The molecule has 24 heteroatoms. The summed E-state index contributed by atoms with van der Waals surface area (Å²) < 4.78 is 91.0. The number of alkyl halides is 3. The minimum absolute atomic E-state index is 0.0118. The number of aromatic nitrogens is 1. The zero-order valence-corrected chi connectivity index (χ0v) is 47.1. The lowest BCUT2D eigenvalue weighted by Crippen LogP contribution is -2.61. The van der Waals surface area contributed by atoms with Crippen LogP contribution in [0, 0.1) is 17.8 Å². The molecule has 1 aromatic heterocycles. The summed E-state index contributed by atoms with van der Waals surface area (Å²) in [7, 11) is -10.5. The number of hydrogen-bond donors (Lipinski definition) is 5. The third-order valence-corrected chi connectivity index (χ3v) is 19.2. The van der Waals surface area contributed by atoms with Gasteiger partial charge in [-0.3, -0.25) is 19.2 Å². The van der Waals surface area contributed by atoms with Gasteiger partial charge >= 0.3 is 5.51 Å². The van der Waals surface area contributed by atoms with Gasteiger partial charge in [0.1, 0.15) is 17.0 Å². The zero-order valence-electron chi connectivity index (χ0n) is 43.8. The fraction of sp³-hybridized carbons (Fsp3) is 0.528. The molecule has 5 atom stereocenters. The van der Waals surface area contributed by atoms with Crippen LogP contribution in [0.15, 0.2) is 93.0 Å². The number of carbonyl (C=O) groups excluding carboxylic acids is 4. The van der Waals surface area contributed by atoms with E-state index >= 15 is 0 Å². The number of halogens is 3. The number of nitrogens with zero attached hydrogens (tertiary/aromatic N) is 4. The largest absolute Gasteiger partial charge is 0.501 e. The summed E-state index contributed by atoms with van der Waals surface area (Å²) in [5.74, 6) is -0.879. The Morgan fingerprint density at radius 2 is 1.60 bits per heavy atom. The first-order chi connectivity index (χ1) is 36.1. The second kappa shape index (κ2) is 24.5. The molecule has 77 heavy (non-hydrogen) atoms. The molecular weight excluding hydrogens is 1080 g/mol. The van der Waals surface area contributed by atoms with Gasteiger partial charge in [0.05, 0.1) is 38.8 Å². The van der Waals surface area contributed by atoms with Crippen LogP contribution in [0.2, 0.25) is 0 Å². The number of thioether (sulfide) groups is 1. The monoisotopic (exact) mass is 1150 g/mol. The summed E-state index contributed by atoms with van der Waals surface area (Å²) in [6.45, 7) is 12.4. The van der Waals surface area contributed by atoms with Crippen LogP contribution in [0.4, 0.5) is 18.9 Å². The Morgan fingerprint density at radius 1 is 0.935 bits per heavy atom. The highest BCUT2D eigenvalue weighted by Gasteiger charge is 2.49. The van der Waals surface area contributed by atoms with Crippen molar-refractivity contribution in [3.8, 4) is 10.4 Å². The Bertz CT molecular complexity index is 2960. The van der Waals surface area contributed by atoms with Crippen molar-refractivity contribution >= 4 is 72.3 Å². The molecule has 6 N–H and O–H groups in total. The molecule has 2 unspecified atom stereocenters. The molecule has 4 aromatic rings. The van der Waals surface area contributed by atoms with E-state index in [1.165, 1.54) is 16.7 Å². The number of carbonyl (C=O) groups is 4. The molecule has 3 aromatic carbocycles. The van der Waals surface area contributed by atoms with E-state index in [9.17, 15) is 54.3 Å². The molecule has 17 nitrogen and oxygen atoms in total. The summed E-state index contributed by atoms with van der Waals surface area (Å²) in [6.07, 6.45) is 2.31. The van der Waals surface area contributed by atoms with Gasteiger partial charge < -0.3 is 35.8 Å². The number of β-amino-alcohol motifs (C(OH)–C–C–N with tert-alkyl or cyclic N) is 1. The number of nitrogens with one attached hydrogen (secondary N) is 3. The average molecular weight is 1150 g/mol. The minimum Gasteiger partial charge on any atom is -0.391 e. The highest BCUT2D eigenvalue weighted by Crippen LogP contribution is 2.42. The van der Waals surface area contributed by atoms with E-state index in [0.717, 1.165) is 64.7 Å². The van der Waals surface area contributed by atoms with Gasteiger partial charge in [-0.15, -0.1) is 23.1 Å². The number of anilines is 1. The summed E-state index contributed by atoms with van der Waals surface area (Å²) in [5, 5.41) is 24.7. The van der Waals surface area contributed by atoms with Gasteiger partial charge in [-0.25, -0.2) is 27.0 Å². The number of thiazole rings is 1. The van der Waals surface area contributed by atoms with Crippen molar-refractivity contribution in [2.45, 2.75) is 136 Å². The first kappa shape index (κ1) is 59.5. The number of unbranched alkanes of at least 4 members (excludes halogenated alkanes) is 1. The number of primary sulfonamides is 1. The van der Waals surface area contributed by atoms with Crippen LogP contribution in [-0.4, -0.2) is 140 Å². The molecule has 3 aliphatic heterocycles. The lowest BCUT2D eigenvalue weighted by atomic mass is 9.72. The van der Waals surface area contributed by atoms with Crippen molar-refractivity contribution in [1.82, 2.24) is 30.3 Å². The van der Waals surface area contributed by atoms with Crippen molar-refractivity contribution in [2.75, 3.05) is 50.3 Å². The molecule has 4 heterocycles. The van der Waals surface area contributed by atoms with Crippen molar-refractivity contribution in [3.05, 3.63) is 89.6 Å². The van der Waals surface area contributed by atoms with Crippen LogP contribution in [0.3, 0.4) is 0 Å². The number of aryl methyl sites for hydroxylation is 1. The summed E-state index contributed by atoms with van der Waals surface area (Å²) in [5.41, 5.74) is -2.20. The van der Waals surface area contributed by atoms with Gasteiger partial charge in [-0.2, -0.15) is 13.2 Å². The van der Waals surface area contributed by atoms with Gasteiger partial charge in [0.2, 0.25) is 33.7 Å². The quantitative estimate of drug-likeness (QED) is 0.0423. The SMILES string of the molecule is Cc1ncsc1-c1ccc([C@H](C)NC(=O)[C@@H]2C[C@@H](O)CN2C(=O)C(NC(=O)CCCCC(=O)N2CCC3(CC2)CN(CCC(CSc2ccccc2)Nc2ccc(S(N)(=O)=O)cc2S(=O)(=O)C(F)(F)F)C3)C(C)(C)C)cc1. The normalized spacial score (nSPS) is 19.3. The summed E-state index contributed by atoms with van der Waals surface area (Å²) in [6, 6.07) is 16.7. The van der Waals surface area contributed by atoms with Crippen LogP contribution in [0.1, 0.15) is 96.4 Å². The fourth-order valence-electron chi connectivity index (χ4n) is 10.2. The van der Waals surface area contributed by atoms with Crippen molar-refractivity contribution in [1.29, 1.82) is 0 Å². The van der Waals surface area contributed by atoms with Crippen LogP contribution in [0.5, 0.6) is 0 Å². The van der Waals surface area contributed by atoms with Gasteiger partial charge in [0, 0.05) is 75.2 Å². The number of amides is 4. The molecule has 3 fully saturated rings.